The van der Waals surface area contributed by atoms with Crippen molar-refractivity contribution in [2.24, 2.45) is 0 Å². The topological polar surface area (TPSA) is 56.7 Å². The molecule has 0 N–H and O–H groups in total. The van der Waals surface area contributed by atoms with Crippen LogP contribution in [0.3, 0.4) is 0 Å². The molecule has 1 saturated heterocycles. The lowest BCUT2D eigenvalue weighted by atomic mass is 10.1. The summed E-state index contributed by atoms with van der Waals surface area (Å²) in [5.74, 6) is -0.117. The van der Waals surface area contributed by atoms with E-state index in [2.05, 4.69) is 16.3 Å². The summed E-state index contributed by atoms with van der Waals surface area (Å²) in [5, 5.41) is 0. The van der Waals surface area contributed by atoms with E-state index in [-0.39, 0.29) is 5.78 Å². The Bertz CT molecular complexity index is 269. The molecule has 0 amide bonds. The molecule has 0 spiro atoms. The highest BCUT2D eigenvalue weighted by molar-refractivity contribution is 6.25. The smallest absolute Gasteiger partial charge is 0.323 e. The Morgan fingerprint density at radius 3 is 3.14 bits per heavy atom. The largest absolute Gasteiger partial charge is 0.361 e. The van der Waals surface area contributed by atoms with Crippen LogP contribution < -0.4 is 0 Å². The fourth-order valence-corrected chi connectivity index (χ4v) is 1.88. The van der Waals surface area contributed by atoms with E-state index >= 15 is 0 Å². The maximum absolute atomic E-state index is 11.2. The molecule has 0 saturated carbocycles. The van der Waals surface area contributed by atoms with Gasteiger partial charge in [0.15, 0.2) is 0 Å². The number of ketones is 1. The van der Waals surface area contributed by atoms with Crippen LogP contribution in [0.5, 0.6) is 0 Å². The first-order chi connectivity index (χ1) is 6.77. The van der Waals surface area contributed by atoms with Crippen molar-refractivity contribution in [3.05, 3.63) is 18.2 Å². The fourth-order valence-electron chi connectivity index (χ4n) is 1.88. The van der Waals surface area contributed by atoms with Gasteiger partial charge in [0.2, 0.25) is 5.78 Å². The van der Waals surface area contributed by atoms with Crippen LogP contribution in [0, 0.1) is 0 Å². The summed E-state index contributed by atoms with van der Waals surface area (Å²) in [6, 6.07) is 0.290. The molecule has 0 radical (unpaired) electrons. The molecule has 1 aliphatic heterocycles. The van der Waals surface area contributed by atoms with Crippen LogP contribution in [-0.4, -0.2) is 40.8 Å². The molecule has 0 unspecified atom stereocenters. The second-order valence-corrected chi connectivity index (χ2v) is 3.49. The predicted octanol–water partition coefficient (Wildman–Crippen LogP) is 0.897. The average Bonchev–Trinajstić information content (AvgIpc) is 2.54. The van der Waals surface area contributed by atoms with Gasteiger partial charge < -0.3 is 5.53 Å². The maximum Gasteiger partial charge on any atom is 0.323 e. The highest BCUT2D eigenvalue weighted by Gasteiger charge is 2.25. The van der Waals surface area contributed by atoms with E-state index in [9.17, 15) is 4.79 Å². The molecule has 1 heterocycles. The molecule has 0 bridgehead atoms. The molecule has 0 aromatic carbocycles. The van der Waals surface area contributed by atoms with Gasteiger partial charge >= 0.3 is 6.21 Å². The van der Waals surface area contributed by atoms with Gasteiger partial charge in [0.25, 0.3) is 0 Å². The lowest BCUT2D eigenvalue weighted by Gasteiger charge is -2.20. The van der Waals surface area contributed by atoms with E-state index < -0.39 is 0 Å². The van der Waals surface area contributed by atoms with Gasteiger partial charge in [0.05, 0.1) is 0 Å². The standard InChI is InChI=1S/C10H15N3O/c1-2-5-13-6-3-4-9(13)7-10(14)8-12-11/h2,8-9H,1,3-7H2/t9-/m0/s1. The first kappa shape index (κ1) is 10.8. The molecule has 1 fully saturated rings. The molecule has 4 nitrogen and oxygen atoms in total. The zero-order valence-electron chi connectivity index (χ0n) is 8.22. The molecule has 1 rings (SSSR count). The van der Waals surface area contributed by atoms with Crippen molar-refractivity contribution in [1.29, 1.82) is 0 Å². The number of hydrogen-bond donors (Lipinski definition) is 0. The SMILES string of the molecule is C=CCN1CCC[C@H]1CC(=O)C=[N+]=[N-]. The molecular formula is C10H15N3O. The molecule has 0 aromatic rings. The van der Waals surface area contributed by atoms with Crippen LogP contribution in [0.1, 0.15) is 19.3 Å². The fraction of sp³-hybridized carbons (Fsp3) is 0.600. The Morgan fingerprint density at radius 1 is 1.71 bits per heavy atom. The number of nitrogens with zero attached hydrogens (tertiary/aromatic N) is 3. The van der Waals surface area contributed by atoms with Crippen molar-refractivity contribution in [3.63, 3.8) is 0 Å². The van der Waals surface area contributed by atoms with E-state index in [1.54, 1.807) is 0 Å². The quantitative estimate of drug-likeness (QED) is 0.282. The zero-order chi connectivity index (χ0) is 10.4. The van der Waals surface area contributed by atoms with Crippen molar-refractivity contribution in [1.82, 2.24) is 4.90 Å². The first-order valence-corrected chi connectivity index (χ1v) is 4.83. The third-order valence-electron chi connectivity index (χ3n) is 2.50. The molecule has 0 aliphatic carbocycles. The van der Waals surface area contributed by atoms with Gasteiger partial charge in [0, 0.05) is 19.0 Å². The lowest BCUT2D eigenvalue weighted by Crippen LogP contribution is -2.31. The summed E-state index contributed by atoms with van der Waals surface area (Å²) >= 11 is 0. The maximum atomic E-state index is 11.2. The molecule has 1 atom stereocenters. The van der Waals surface area contributed by atoms with Gasteiger partial charge in [-0.1, -0.05) is 6.08 Å². The summed E-state index contributed by atoms with van der Waals surface area (Å²) in [6.07, 6.45) is 5.44. The van der Waals surface area contributed by atoms with Crippen LogP contribution in [-0.2, 0) is 4.79 Å². The van der Waals surface area contributed by atoms with Gasteiger partial charge in [-0.15, -0.1) is 6.58 Å². The Balaban J connectivity index is 2.46. The molecule has 76 valence electrons. The Hall–Kier alpha value is -1.25. The van der Waals surface area contributed by atoms with Crippen LogP contribution in [0.15, 0.2) is 12.7 Å². The van der Waals surface area contributed by atoms with E-state index in [1.165, 1.54) is 0 Å². The Morgan fingerprint density at radius 2 is 2.50 bits per heavy atom. The normalized spacial score (nSPS) is 21.6. The highest BCUT2D eigenvalue weighted by Crippen LogP contribution is 2.19. The van der Waals surface area contributed by atoms with Gasteiger partial charge in [-0.3, -0.25) is 9.69 Å². The van der Waals surface area contributed by atoms with Crippen LogP contribution in [0.2, 0.25) is 0 Å². The summed E-state index contributed by atoms with van der Waals surface area (Å²) in [6.45, 7) is 5.54. The third kappa shape index (κ3) is 2.91. The molecule has 14 heavy (non-hydrogen) atoms. The minimum Gasteiger partial charge on any atom is -0.361 e. The minimum absolute atomic E-state index is 0.117. The second kappa shape index (κ2) is 5.47. The number of carbonyl (C=O) groups is 1. The van der Waals surface area contributed by atoms with Crippen molar-refractivity contribution in [3.8, 4) is 0 Å². The molecule has 0 aromatic heterocycles. The second-order valence-electron chi connectivity index (χ2n) is 3.49. The molecule has 1 aliphatic rings. The summed E-state index contributed by atoms with van der Waals surface area (Å²) in [5.41, 5.74) is 8.20. The van der Waals surface area contributed by atoms with E-state index in [0.717, 1.165) is 32.1 Å². The number of likely N-dealkylation sites (tertiary alicyclic amines) is 1. The summed E-state index contributed by atoms with van der Waals surface area (Å²) < 4.78 is 0. The minimum atomic E-state index is -0.117. The molecular weight excluding hydrogens is 178 g/mol. The van der Waals surface area contributed by atoms with Crippen molar-refractivity contribution < 1.29 is 9.58 Å². The summed E-state index contributed by atoms with van der Waals surface area (Å²) in [4.78, 5) is 16.2. The average molecular weight is 193 g/mol. The summed E-state index contributed by atoms with van der Waals surface area (Å²) in [7, 11) is 0. The van der Waals surface area contributed by atoms with Gasteiger partial charge in [-0.25, -0.2) is 0 Å². The van der Waals surface area contributed by atoms with Crippen LogP contribution >= 0.6 is 0 Å². The third-order valence-corrected chi connectivity index (χ3v) is 2.50. The van der Waals surface area contributed by atoms with E-state index in [4.69, 9.17) is 5.53 Å². The number of rotatable bonds is 5. The van der Waals surface area contributed by atoms with Gasteiger partial charge in [-0.2, -0.15) is 4.79 Å². The number of Topliss-reactive ketones (excluding diaryl/α,β-unsaturated/α-hetero) is 1. The number of hydrogen-bond acceptors (Lipinski definition) is 2. The van der Waals surface area contributed by atoms with Crippen molar-refractivity contribution in [2.75, 3.05) is 13.1 Å². The lowest BCUT2D eigenvalue weighted by molar-refractivity contribution is -0.117. The monoisotopic (exact) mass is 193 g/mol. The first-order valence-electron chi connectivity index (χ1n) is 4.83. The Kier molecular flexibility index (Phi) is 4.23. The Labute approximate surface area is 83.8 Å². The van der Waals surface area contributed by atoms with E-state index in [0.29, 0.717) is 12.5 Å². The van der Waals surface area contributed by atoms with E-state index in [1.807, 2.05) is 6.08 Å². The van der Waals surface area contributed by atoms with Crippen molar-refractivity contribution in [2.45, 2.75) is 25.3 Å². The molecule has 4 heteroatoms. The predicted molar refractivity (Wildman–Crippen MR) is 54.1 cm³/mol. The highest BCUT2D eigenvalue weighted by atomic mass is 16.1. The van der Waals surface area contributed by atoms with Crippen LogP contribution in [0.4, 0.5) is 0 Å². The van der Waals surface area contributed by atoms with Crippen LogP contribution in [0.25, 0.3) is 5.53 Å². The zero-order valence-corrected chi connectivity index (χ0v) is 8.22. The van der Waals surface area contributed by atoms with Gasteiger partial charge in [0.1, 0.15) is 0 Å². The van der Waals surface area contributed by atoms with Crippen molar-refractivity contribution >= 4 is 12.0 Å². The number of carbonyl (C=O) groups excluding carboxylic acids is 1. The van der Waals surface area contributed by atoms with Gasteiger partial charge in [-0.05, 0) is 19.4 Å².